The first-order chi connectivity index (χ1) is 7.58. The standard InChI is InChI=1S/C7H14O2.C6H12O2/c1-3-4-7(9)5-6(2)8;1-5(7)4-6(2,3)8/h7,9H,3-5H2,1-2H3;8H,4H2,1-3H3. The molecule has 1 atom stereocenters. The summed E-state index contributed by atoms with van der Waals surface area (Å²) in [5.74, 6) is 0.0912. The van der Waals surface area contributed by atoms with Gasteiger partial charge >= 0.3 is 0 Å². The highest BCUT2D eigenvalue weighted by atomic mass is 16.3. The van der Waals surface area contributed by atoms with Crippen LogP contribution in [0.25, 0.3) is 0 Å². The van der Waals surface area contributed by atoms with Crippen LogP contribution in [0, 0.1) is 0 Å². The number of rotatable bonds is 6. The van der Waals surface area contributed by atoms with Gasteiger partial charge in [-0.1, -0.05) is 13.3 Å². The molecule has 1 unspecified atom stereocenters. The van der Waals surface area contributed by atoms with E-state index in [9.17, 15) is 9.59 Å². The molecule has 0 aromatic carbocycles. The van der Waals surface area contributed by atoms with E-state index in [1.807, 2.05) is 6.92 Å². The lowest BCUT2D eigenvalue weighted by atomic mass is 10.0. The van der Waals surface area contributed by atoms with Crippen molar-refractivity contribution in [3.8, 4) is 0 Å². The van der Waals surface area contributed by atoms with E-state index in [-0.39, 0.29) is 18.0 Å². The van der Waals surface area contributed by atoms with Gasteiger partial charge in [0.2, 0.25) is 0 Å². The largest absolute Gasteiger partial charge is 0.393 e. The van der Waals surface area contributed by atoms with Crippen LogP contribution >= 0.6 is 0 Å². The molecule has 0 rings (SSSR count). The van der Waals surface area contributed by atoms with Gasteiger partial charge in [-0.05, 0) is 34.1 Å². The van der Waals surface area contributed by atoms with Gasteiger partial charge < -0.3 is 10.2 Å². The summed E-state index contributed by atoms with van der Waals surface area (Å²) in [4.78, 5) is 20.7. The normalized spacial score (nSPS) is 12.4. The fraction of sp³-hybridized carbons (Fsp3) is 0.846. The number of carbonyl (C=O) groups excluding carboxylic acids is 2. The van der Waals surface area contributed by atoms with E-state index in [0.717, 1.165) is 12.8 Å². The van der Waals surface area contributed by atoms with Crippen LogP contribution in [0.15, 0.2) is 0 Å². The van der Waals surface area contributed by atoms with E-state index >= 15 is 0 Å². The predicted octanol–water partition coefficient (Wildman–Crippen LogP) is 1.86. The zero-order valence-electron chi connectivity index (χ0n) is 11.6. The highest BCUT2D eigenvalue weighted by Crippen LogP contribution is 2.06. The minimum Gasteiger partial charge on any atom is -0.393 e. The Hall–Kier alpha value is -0.740. The molecule has 2 N–H and O–H groups in total. The lowest BCUT2D eigenvalue weighted by molar-refractivity contribution is -0.121. The second-order valence-corrected chi connectivity index (χ2v) is 5.04. The molecule has 0 aromatic heterocycles. The van der Waals surface area contributed by atoms with Crippen molar-refractivity contribution in [3.63, 3.8) is 0 Å². The predicted molar refractivity (Wildman–Crippen MR) is 67.8 cm³/mol. The van der Waals surface area contributed by atoms with E-state index in [4.69, 9.17) is 10.2 Å². The highest BCUT2D eigenvalue weighted by Gasteiger charge is 2.13. The maximum Gasteiger partial charge on any atom is 0.132 e. The Bertz CT molecular complexity index is 228. The van der Waals surface area contributed by atoms with Gasteiger partial charge in [-0.25, -0.2) is 0 Å². The first-order valence-corrected chi connectivity index (χ1v) is 5.97. The Morgan fingerprint density at radius 2 is 1.65 bits per heavy atom. The summed E-state index contributed by atoms with van der Waals surface area (Å²) < 4.78 is 0. The van der Waals surface area contributed by atoms with Gasteiger partial charge in [0.05, 0.1) is 11.7 Å². The van der Waals surface area contributed by atoms with E-state index in [2.05, 4.69) is 0 Å². The first-order valence-electron chi connectivity index (χ1n) is 5.97. The summed E-state index contributed by atoms with van der Waals surface area (Å²) in [6.07, 6.45) is 1.82. The number of aliphatic hydroxyl groups is 2. The molecule has 0 aromatic rings. The zero-order chi connectivity index (χ0) is 14.1. The molecule has 0 fully saturated rings. The molecule has 0 radical (unpaired) electrons. The minimum absolute atomic E-state index is 0.0255. The number of hydrogen-bond acceptors (Lipinski definition) is 4. The van der Waals surface area contributed by atoms with Crippen LogP contribution < -0.4 is 0 Å². The molecule has 0 bridgehead atoms. The van der Waals surface area contributed by atoms with Crippen molar-refractivity contribution in [1.29, 1.82) is 0 Å². The number of Topliss-reactive ketones (excluding diaryl/α,β-unsaturated/α-hetero) is 2. The van der Waals surface area contributed by atoms with Gasteiger partial charge in [-0.15, -0.1) is 0 Å². The van der Waals surface area contributed by atoms with Gasteiger partial charge in [0.15, 0.2) is 0 Å². The average molecular weight is 246 g/mol. The number of aliphatic hydroxyl groups excluding tert-OH is 1. The molecule has 0 saturated heterocycles. The minimum atomic E-state index is -0.828. The topological polar surface area (TPSA) is 74.6 Å². The molecule has 0 amide bonds. The van der Waals surface area contributed by atoms with Crippen LogP contribution in [-0.4, -0.2) is 33.5 Å². The van der Waals surface area contributed by atoms with Crippen molar-refractivity contribution in [1.82, 2.24) is 0 Å². The third-order valence-electron chi connectivity index (χ3n) is 1.83. The summed E-state index contributed by atoms with van der Waals surface area (Å²) in [7, 11) is 0. The molecule has 17 heavy (non-hydrogen) atoms. The molecule has 4 nitrogen and oxygen atoms in total. The molecule has 4 heteroatoms. The van der Waals surface area contributed by atoms with Crippen molar-refractivity contribution in [3.05, 3.63) is 0 Å². The number of ketones is 2. The van der Waals surface area contributed by atoms with Gasteiger partial charge in [0, 0.05) is 12.8 Å². The number of hydrogen-bond donors (Lipinski definition) is 2. The van der Waals surface area contributed by atoms with Crippen LogP contribution in [0.4, 0.5) is 0 Å². The number of carbonyl (C=O) groups is 2. The maximum atomic E-state index is 10.4. The lowest BCUT2D eigenvalue weighted by Gasteiger charge is -2.13. The summed E-state index contributed by atoms with van der Waals surface area (Å²) >= 11 is 0. The van der Waals surface area contributed by atoms with Crippen molar-refractivity contribution in [2.24, 2.45) is 0 Å². The summed E-state index contributed by atoms with van der Waals surface area (Å²) in [5.41, 5.74) is -0.828. The zero-order valence-corrected chi connectivity index (χ0v) is 11.6. The Balaban J connectivity index is 0. The van der Waals surface area contributed by atoms with Gasteiger partial charge in [0.1, 0.15) is 11.6 Å². The van der Waals surface area contributed by atoms with Crippen molar-refractivity contribution in [2.45, 2.75) is 72.0 Å². The van der Waals surface area contributed by atoms with E-state index in [0.29, 0.717) is 6.42 Å². The second kappa shape index (κ2) is 9.31. The van der Waals surface area contributed by atoms with Crippen LogP contribution in [0.2, 0.25) is 0 Å². The molecule has 0 aliphatic heterocycles. The maximum absolute atomic E-state index is 10.4. The summed E-state index contributed by atoms with van der Waals surface area (Å²) in [6.45, 7) is 8.20. The fourth-order valence-corrected chi connectivity index (χ4v) is 1.38. The van der Waals surface area contributed by atoms with Gasteiger partial charge in [-0.2, -0.15) is 0 Å². The quantitative estimate of drug-likeness (QED) is 0.750. The first kappa shape index (κ1) is 18.6. The van der Waals surface area contributed by atoms with E-state index in [1.54, 1.807) is 13.8 Å². The Morgan fingerprint density at radius 3 is 1.82 bits per heavy atom. The average Bonchev–Trinajstić information content (AvgIpc) is 1.97. The molecule has 102 valence electrons. The van der Waals surface area contributed by atoms with Crippen LogP contribution in [-0.2, 0) is 9.59 Å². The molecule has 0 heterocycles. The molecule has 0 aliphatic rings. The second-order valence-electron chi connectivity index (χ2n) is 5.04. The van der Waals surface area contributed by atoms with E-state index in [1.165, 1.54) is 13.8 Å². The van der Waals surface area contributed by atoms with Crippen molar-refractivity contribution in [2.75, 3.05) is 0 Å². The van der Waals surface area contributed by atoms with Gasteiger partial charge in [0.25, 0.3) is 0 Å². The molecular formula is C13H26O4. The third kappa shape index (κ3) is 21.2. The fourth-order valence-electron chi connectivity index (χ4n) is 1.38. The van der Waals surface area contributed by atoms with Crippen molar-refractivity contribution >= 4 is 11.6 Å². The molecule has 0 saturated carbocycles. The smallest absolute Gasteiger partial charge is 0.132 e. The highest BCUT2D eigenvalue weighted by molar-refractivity contribution is 5.76. The molecular weight excluding hydrogens is 220 g/mol. The molecule has 0 spiro atoms. The van der Waals surface area contributed by atoms with Crippen molar-refractivity contribution < 1.29 is 19.8 Å². The van der Waals surface area contributed by atoms with Crippen LogP contribution in [0.5, 0.6) is 0 Å². The summed E-state index contributed by atoms with van der Waals surface area (Å²) in [6, 6.07) is 0. The SMILES string of the molecule is CC(=O)CC(C)(C)O.CCCC(O)CC(C)=O. The third-order valence-corrected chi connectivity index (χ3v) is 1.83. The van der Waals surface area contributed by atoms with Gasteiger partial charge in [-0.3, -0.25) is 9.59 Å². The Labute approximate surface area is 104 Å². The summed E-state index contributed by atoms with van der Waals surface area (Å²) in [5, 5.41) is 18.0. The van der Waals surface area contributed by atoms with Crippen LogP contribution in [0.3, 0.4) is 0 Å². The molecule has 0 aliphatic carbocycles. The Kier molecular flexibility index (Phi) is 10.2. The van der Waals surface area contributed by atoms with Crippen LogP contribution in [0.1, 0.15) is 60.3 Å². The monoisotopic (exact) mass is 246 g/mol. The Morgan fingerprint density at radius 1 is 1.18 bits per heavy atom. The lowest BCUT2D eigenvalue weighted by Crippen LogP contribution is -2.21. The van der Waals surface area contributed by atoms with E-state index < -0.39 is 11.7 Å².